The first kappa shape index (κ1) is 16.0. The average Bonchev–Trinajstić information content (AvgIpc) is 3.21. The van der Waals surface area contributed by atoms with Crippen molar-refractivity contribution in [2.24, 2.45) is 11.8 Å². The molecular weight excluding hydrogens is 315 g/mol. The molecule has 4 heteroatoms. The second-order valence-electron chi connectivity index (χ2n) is 6.82. The Morgan fingerprint density at radius 2 is 1.96 bits per heavy atom. The second kappa shape index (κ2) is 6.81. The zero-order valence-electron chi connectivity index (χ0n) is 13.9. The van der Waals surface area contributed by atoms with Crippen LogP contribution < -0.4 is 5.32 Å². The minimum absolute atomic E-state index is 0.00693. The Labute approximate surface area is 147 Å². The molecule has 0 spiro atoms. The Morgan fingerprint density at radius 1 is 1.12 bits per heavy atom. The number of likely N-dealkylation sites (tertiary alicyclic amines) is 1. The number of carbonyl (C=O) groups excluding carboxylic acids is 1. The lowest BCUT2D eigenvalue weighted by Gasteiger charge is -2.27. The molecule has 1 amide bonds. The molecule has 2 fully saturated rings. The van der Waals surface area contributed by atoms with E-state index < -0.39 is 0 Å². The molecule has 3 nitrogen and oxygen atoms in total. The van der Waals surface area contributed by atoms with Gasteiger partial charge in [0.2, 0.25) is 5.91 Å². The summed E-state index contributed by atoms with van der Waals surface area (Å²) in [6, 6.07) is 16.4. The number of hydrogen-bond donors (Lipinski definition) is 1. The first-order valence-corrected chi connectivity index (χ1v) is 8.72. The van der Waals surface area contributed by atoms with E-state index in [9.17, 15) is 9.18 Å². The van der Waals surface area contributed by atoms with Crippen LogP contribution in [0.25, 0.3) is 6.08 Å². The zero-order valence-corrected chi connectivity index (χ0v) is 13.9. The van der Waals surface area contributed by atoms with E-state index in [0.717, 1.165) is 30.8 Å². The normalized spacial score (nSPS) is 25.5. The van der Waals surface area contributed by atoms with Gasteiger partial charge < -0.3 is 10.2 Å². The van der Waals surface area contributed by atoms with E-state index >= 15 is 0 Å². The predicted molar refractivity (Wildman–Crippen MR) is 96.2 cm³/mol. The Bertz CT molecular complexity index is 789. The van der Waals surface area contributed by atoms with Gasteiger partial charge in [-0.2, -0.15) is 0 Å². The van der Waals surface area contributed by atoms with Crippen LogP contribution in [0.2, 0.25) is 0 Å². The number of rotatable bonds is 3. The van der Waals surface area contributed by atoms with Gasteiger partial charge in [-0.05, 0) is 35.3 Å². The van der Waals surface area contributed by atoms with Crippen LogP contribution in [0.3, 0.4) is 0 Å². The van der Waals surface area contributed by atoms with Crippen molar-refractivity contribution in [3.8, 4) is 0 Å². The van der Waals surface area contributed by atoms with Crippen LogP contribution in [0.4, 0.5) is 4.39 Å². The summed E-state index contributed by atoms with van der Waals surface area (Å²) in [7, 11) is 0. The Hall–Kier alpha value is -2.46. The van der Waals surface area contributed by atoms with Crippen LogP contribution >= 0.6 is 0 Å². The summed E-state index contributed by atoms with van der Waals surface area (Å²) in [5.74, 6) is 0.518. The van der Waals surface area contributed by atoms with Gasteiger partial charge in [0.1, 0.15) is 5.82 Å². The molecule has 0 bridgehead atoms. The molecule has 2 aromatic rings. The molecule has 2 aliphatic rings. The fourth-order valence-corrected chi connectivity index (χ4v) is 4.09. The van der Waals surface area contributed by atoms with E-state index in [-0.39, 0.29) is 17.8 Å². The molecule has 2 saturated heterocycles. The van der Waals surface area contributed by atoms with Crippen molar-refractivity contribution >= 4 is 12.0 Å². The predicted octanol–water partition coefficient (Wildman–Crippen LogP) is 3.26. The van der Waals surface area contributed by atoms with Crippen molar-refractivity contribution < 1.29 is 9.18 Å². The highest BCUT2D eigenvalue weighted by atomic mass is 19.1. The summed E-state index contributed by atoms with van der Waals surface area (Å²) in [6.07, 6.45) is 3.48. The van der Waals surface area contributed by atoms with E-state index in [1.165, 1.54) is 6.07 Å². The average molecular weight is 336 g/mol. The fourth-order valence-electron chi connectivity index (χ4n) is 4.09. The SMILES string of the molecule is O=C(/C=C/c1ccccc1)N1C[C@@H]2CNC[C@@H]2[C@H]1c1cccc(F)c1. The monoisotopic (exact) mass is 336 g/mol. The van der Waals surface area contributed by atoms with Crippen LogP contribution in [0, 0.1) is 17.7 Å². The van der Waals surface area contributed by atoms with E-state index in [1.807, 2.05) is 47.4 Å². The number of amides is 1. The molecule has 0 aromatic heterocycles. The maximum absolute atomic E-state index is 13.7. The Morgan fingerprint density at radius 3 is 2.76 bits per heavy atom. The summed E-state index contributed by atoms with van der Waals surface area (Å²) >= 11 is 0. The second-order valence-corrected chi connectivity index (χ2v) is 6.82. The van der Waals surface area contributed by atoms with Crippen LogP contribution in [0.5, 0.6) is 0 Å². The summed E-state index contributed by atoms with van der Waals surface area (Å²) in [4.78, 5) is 14.8. The molecule has 0 aliphatic carbocycles. The lowest BCUT2D eigenvalue weighted by Crippen LogP contribution is -2.33. The number of nitrogens with zero attached hydrogens (tertiary/aromatic N) is 1. The molecule has 2 heterocycles. The zero-order chi connectivity index (χ0) is 17.2. The van der Waals surface area contributed by atoms with E-state index in [0.29, 0.717) is 11.8 Å². The number of nitrogens with one attached hydrogen (secondary N) is 1. The molecule has 4 rings (SSSR count). The van der Waals surface area contributed by atoms with E-state index in [4.69, 9.17) is 0 Å². The summed E-state index contributed by atoms with van der Waals surface area (Å²) in [5.41, 5.74) is 1.89. The summed E-state index contributed by atoms with van der Waals surface area (Å²) < 4.78 is 13.7. The topological polar surface area (TPSA) is 32.3 Å². The van der Waals surface area contributed by atoms with Gasteiger partial charge in [-0.15, -0.1) is 0 Å². The maximum atomic E-state index is 13.7. The van der Waals surface area contributed by atoms with Gasteiger partial charge in [-0.1, -0.05) is 42.5 Å². The summed E-state index contributed by atoms with van der Waals surface area (Å²) in [6.45, 7) is 2.51. The quantitative estimate of drug-likeness (QED) is 0.873. The number of carbonyl (C=O) groups is 1. The van der Waals surface area contributed by atoms with Gasteiger partial charge in [0, 0.05) is 31.6 Å². The molecule has 0 saturated carbocycles. The largest absolute Gasteiger partial charge is 0.331 e. The van der Waals surface area contributed by atoms with Crippen molar-refractivity contribution in [2.75, 3.05) is 19.6 Å². The third-order valence-electron chi connectivity index (χ3n) is 5.26. The number of hydrogen-bond acceptors (Lipinski definition) is 2. The number of fused-ring (bicyclic) bond motifs is 1. The number of halogens is 1. The van der Waals surface area contributed by atoms with E-state index in [2.05, 4.69) is 5.32 Å². The standard InChI is InChI=1S/C21H21FN2O/c22-18-8-4-7-16(11-18)21-19-13-23-12-17(19)14-24(21)20(25)10-9-15-5-2-1-3-6-15/h1-11,17,19,21,23H,12-14H2/b10-9+/t17-,19-,21+/m0/s1. The van der Waals surface area contributed by atoms with Gasteiger partial charge in [0.05, 0.1) is 6.04 Å². The van der Waals surface area contributed by atoms with Crippen molar-refractivity contribution in [3.05, 3.63) is 77.6 Å². The molecule has 2 aromatic carbocycles. The third-order valence-corrected chi connectivity index (χ3v) is 5.26. The molecule has 3 atom stereocenters. The Kier molecular flexibility index (Phi) is 4.36. The van der Waals surface area contributed by atoms with Crippen molar-refractivity contribution in [1.82, 2.24) is 10.2 Å². The molecule has 25 heavy (non-hydrogen) atoms. The van der Waals surface area contributed by atoms with Crippen molar-refractivity contribution in [2.45, 2.75) is 6.04 Å². The molecule has 1 N–H and O–H groups in total. The molecule has 0 radical (unpaired) electrons. The van der Waals surface area contributed by atoms with Gasteiger partial charge in [-0.25, -0.2) is 4.39 Å². The molecular formula is C21H21FN2O. The van der Waals surface area contributed by atoms with Gasteiger partial charge in [0.15, 0.2) is 0 Å². The van der Waals surface area contributed by atoms with Crippen LogP contribution in [-0.2, 0) is 4.79 Å². The van der Waals surface area contributed by atoms with Crippen LogP contribution in [0.1, 0.15) is 17.2 Å². The van der Waals surface area contributed by atoms with Crippen molar-refractivity contribution in [1.29, 1.82) is 0 Å². The smallest absolute Gasteiger partial charge is 0.247 e. The number of benzene rings is 2. The lowest BCUT2D eigenvalue weighted by molar-refractivity contribution is -0.127. The minimum atomic E-state index is -0.251. The van der Waals surface area contributed by atoms with Gasteiger partial charge in [-0.3, -0.25) is 4.79 Å². The lowest BCUT2D eigenvalue weighted by atomic mass is 9.89. The maximum Gasteiger partial charge on any atom is 0.247 e. The van der Waals surface area contributed by atoms with E-state index in [1.54, 1.807) is 18.2 Å². The van der Waals surface area contributed by atoms with Crippen molar-refractivity contribution in [3.63, 3.8) is 0 Å². The van der Waals surface area contributed by atoms with Crippen LogP contribution in [0.15, 0.2) is 60.7 Å². The van der Waals surface area contributed by atoms with Gasteiger partial charge in [0.25, 0.3) is 0 Å². The first-order chi connectivity index (χ1) is 12.2. The highest BCUT2D eigenvalue weighted by molar-refractivity contribution is 5.92. The van der Waals surface area contributed by atoms with Gasteiger partial charge >= 0.3 is 0 Å². The fraction of sp³-hybridized carbons (Fsp3) is 0.286. The summed E-state index contributed by atoms with van der Waals surface area (Å²) in [5, 5.41) is 3.41. The third kappa shape index (κ3) is 3.22. The molecule has 2 aliphatic heterocycles. The van der Waals surface area contributed by atoms with Crippen LogP contribution in [-0.4, -0.2) is 30.4 Å². The molecule has 0 unspecified atom stereocenters. The Balaban J connectivity index is 1.60. The highest BCUT2D eigenvalue weighted by Gasteiger charge is 2.46. The first-order valence-electron chi connectivity index (χ1n) is 8.72. The molecule has 128 valence electrons. The highest BCUT2D eigenvalue weighted by Crippen LogP contribution is 2.42. The minimum Gasteiger partial charge on any atom is -0.331 e.